The van der Waals surface area contributed by atoms with E-state index in [1.54, 1.807) is 12.1 Å². The summed E-state index contributed by atoms with van der Waals surface area (Å²) in [4.78, 5) is 0.983. The largest absolute Gasteiger partial charge is 0.330 e. The van der Waals surface area contributed by atoms with E-state index in [0.29, 0.717) is 17.3 Å². The lowest BCUT2D eigenvalue weighted by Crippen LogP contribution is -2.22. The van der Waals surface area contributed by atoms with Crippen LogP contribution < -0.4 is 10.5 Å². The van der Waals surface area contributed by atoms with Crippen molar-refractivity contribution in [3.8, 4) is 0 Å². The zero-order valence-electron chi connectivity index (χ0n) is 11.3. The first-order valence-corrected chi connectivity index (χ1v) is 8.65. The average Bonchev–Trinajstić information content (AvgIpc) is 2.86. The molecule has 0 saturated carbocycles. The molecule has 0 fully saturated rings. The molecule has 1 aromatic heterocycles. The number of thiophene rings is 1. The van der Waals surface area contributed by atoms with E-state index >= 15 is 0 Å². The van der Waals surface area contributed by atoms with Crippen LogP contribution in [0, 0.1) is 6.92 Å². The van der Waals surface area contributed by atoms with E-state index in [2.05, 4.69) is 4.72 Å². The van der Waals surface area contributed by atoms with E-state index in [1.165, 1.54) is 11.3 Å². The highest BCUT2D eigenvalue weighted by atomic mass is 32.2. The highest BCUT2D eigenvalue weighted by molar-refractivity contribution is 7.91. The van der Waals surface area contributed by atoms with E-state index in [0.717, 1.165) is 22.4 Å². The molecular formula is C14H18N2O2S2. The van der Waals surface area contributed by atoms with Gasteiger partial charge in [0.1, 0.15) is 4.21 Å². The molecule has 4 nitrogen and oxygen atoms in total. The maximum atomic E-state index is 12.1. The minimum Gasteiger partial charge on any atom is -0.330 e. The maximum absolute atomic E-state index is 12.1. The molecule has 108 valence electrons. The van der Waals surface area contributed by atoms with Gasteiger partial charge >= 0.3 is 0 Å². The minimum atomic E-state index is -3.41. The first kappa shape index (κ1) is 15.2. The Kier molecular flexibility index (Phi) is 4.93. The van der Waals surface area contributed by atoms with Gasteiger partial charge in [-0.05, 0) is 43.1 Å². The predicted molar refractivity (Wildman–Crippen MR) is 82.3 cm³/mol. The normalized spacial score (nSPS) is 11.7. The third-order valence-corrected chi connectivity index (χ3v) is 5.80. The summed E-state index contributed by atoms with van der Waals surface area (Å²) in [7, 11) is -3.41. The summed E-state index contributed by atoms with van der Waals surface area (Å²) in [5, 5.41) is 0. The lowest BCUT2D eigenvalue weighted by Gasteiger charge is -2.06. The van der Waals surface area contributed by atoms with Crippen LogP contribution in [0.5, 0.6) is 0 Å². The second-order valence-corrected chi connectivity index (χ2v) is 7.83. The van der Waals surface area contributed by atoms with Crippen molar-refractivity contribution in [3.05, 3.63) is 52.4 Å². The minimum absolute atomic E-state index is 0.294. The van der Waals surface area contributed by atoms with E-state index in [-0.39, 0.29) is 0 Å². The Morgan fingerprint density at radius 2 is 1.75 bits per heavy atom. The number of aryl methyl sites for hydroxylation is 1. The Morgan fingerprint density at radius 1 is 1.10 bits per heavy atom. The van der Waals surface area contributed by atoms with Gasteiger partial charge in [0.15, 0.2) is 0 Å². The number of hydrogen-bond donors (Lipinski definition) is 2. The lowest BCUT2D eigenvalue weighted by molar-refractivity contribution is 0.583. The van der Waals surface area contributed by atoms with Crippen molar-refractivity contribution >= 4 is 21.4 Å². The van der Waals surface area contributed by atoms with Crippen LogP contribution in [-0.4, -0.2) is 15.0 Å². The Morgan fingerprint density at radius 3 is 2.30 bits per heavy atom. The molecule has 0 aliphatic carbocycles. The first-order chi connectivity index (χ1) is 9.51. The monoisotopic (exact) mass is 310 g/mol. The second-order valence-electron chi connectivity index (χ2n) is 4.54. The number of nitrogens with two attached hydrogens (primary N) is 1. The van der Waals surface area contributed by atoms with Crippen molar-refractivity contribution in [3.63, 3.8) is 0 Å². The van der Waals surface area contributed by atoms with Crippen molar-refractivity contribution in [1.29, 1.82) is 0 Å². The Labute approximate surface area is 123 Å². The average molecular weight is 310 g/mol. The highest BCUT2D eigenvalue weighted by Gasteiger charge is 2.15. The van der Waals surface area contributed by atoms with Gasteiger partial charge in [-0.2, -0.15) is 0 Å². The van der Waals surface area contributed by atoms with Gasteiger partial charge in [-0.25, -0.2) is 13.1 Å². The summed E-state index contributed by atoms with van der Waals surface area (Å²) in [5.74, 6) is 0. The van der Waals surface area contributed by atoms with Gasteiger partial charge in [0, 0.05) is 11.4 Å². The molecule has 1 heterocycles. The number of rotatable bonds is 6. The van der Waals surface area contributed by atoms with Crippen LogP contribution in [0.2, 0.25) is 0 Å². The molecule has 0 saturated heterocycles. The van der Waals surface area contributed by atoms with Crippen molar-refractivity contribution < 1.29 is 8.42 Å². The van der Waals surface area contributed by atoms with Crippen molar-refractivity contribution in [1.82, 2.24) is 4.72 Å². The van der Waals surface area contributed by atoms with Crippen LogP contribution in [0.3, 0.4) is 0 Å². The third-order valence-electron chi connectivity index (χ3n) is 2.90. The second kappa shape index (κ2) is 6.49. The number of nitrogens with one attached hydrogen (secondary N) is 1. The highest BCUT2D eigenvalue weighted by Crippen LogP contribution is 2.20. The summed E-state index contributed by atoms with van der Waals surface area (Å²) in [5.41, 5.74) is 7.58. The molecule has 3 N–H and O–H groups in total. The summed E-state index contributed by atoms with van der Waals surface area (Å²) in [6.45, 7) is 2.80. The molecule has 0 unspecified atom stereocenters. The number of hydrogen-bond acceptors (Lipinski definition) is 4. The fourth-order valence-corrected chi connectivity index (χ4v) is 4.14. The molecule has 0 aliphatic rings. The van der Waals surface area contributed by atoms with E-state index in [9.17, 15) is 8.42 Å². The molecule has 0 atom stereocenters. The standard InChI is InChI=1S/C14H18N2O2S2/c1-11-2-7-14(19-11)20(17,18)16-10-13-5-3-12(4-6-13)8-9-15/h2-7,16H,8-10,15H2,1H3. The van der Waals surface area contributed by atoms with Crippen LogP contribution in [0.4, 0.5) is 0 Å². The van der Waals surface area contributed by atoms with Gasteiger partial charge in [-0.1, -0.05) is 24.3 Å². The van der Waals surface area contributed by atoms with Crippen molar-refractivity contribution in [2.45, 2.75) is 24.1 Å². The lowest BCUT2D eigenvalue weighted by atomic mass is 10.1. The van der Waals surface area contributed by atoms with Crippen LogP contribution in [0.25, 0.3) is 0 Å². The van der Waals surface area contributed by atoms with Gasteiger partial charge in [-0.15, -0.1) is 11.3 Å². The van der Waals surface area contributed by atoms with E-state index < -0.39 is 10.0 Å². The maximum Gasteiger partial charge on any atom is 0.250 e. The SMILES string of the molecule is Cc1ccc(S(=O)(=O)NCc2ccc(CCN)cc2)s1. The molecule has 0 spiro atoms. The fraction of sp³-hybridized carbons (Fsp3) is 0.286. The molecule has 2 aromatic rings. The Hall–Kier alpha value is -1.21. The number of benzene rings is 1. The van der Waals surface area contributed by atoms with Crippen LogP contribution in [-0.2, 0) is 23.0 Å². The molecule has 0 amide bonds. The van der Waals surface area contributed by atoms with Crippen molar-refractivity contribution in [2.75, 3.05) is 6.54 Å². The van der Waals surface area contributed by atoms with Crippen LogP contribution >= 0.6 is 11.3 Å². The van der Waals surface area contributed by atoms with E-state index in [4.69, 9.17) is 5.73 Å². The molecule has 6 heteroatoms. The summed E-state index contributed by atoms with van der Waals surface area (Å²) < 4.78 is 27.1. The summed E-state index contributed by atoms with van der Waals surface area (Å²) in [6, 6.07) is 11.2. The van der Waals surface area contributed by atoms with Gasteiger partial charge in [0.25, 0.3) is 0 Å². The molecule has 0 aliphatic heterocycles. The fourth-order valence-electron chi connectivity index (χ4n) is 1.80. The molecule has 2 rings (SSSR count). The van der Waals surface area contributed by atoms with Crippen molar-refractivity contribution in [2.24, 2.45) is 5.73 Å². The molecule has 20 heavy (non-hydrogen) atoms. The smallest absolute Gasteiger partial charge is 0.250 e. The van der Waals surface area contributed by atoms with Gasteiger partial charge < -0.3 is 5.73 Å². The molecular weight excluding hydrogens is 292 g/mol. The van der Waals surface area contributed by atoms with E-state index in [1.807, 2.05) is 31.2 Å². The Bertz CT molecular complexity index is 661. The zero-order valence-corrected chi connectivity index (χ0v) is 12.9. The summed E-state index contributed by atoms with van der Waals surface area (Å²) in [6.07, 6.45) is 0.834. The first-order valence-electron chi connectivity index (χ1n) is 6.35. The molecule has 1 aromatic carbocycles. The van der Waals surface area contributed by atoms with Crippen LogP contribution in [0.15, 0.2) is 40.6 Å². The van der Waals surface area contributed by atoms with Crippen LogP contribution in [0.1, 0.15) is 16.0 Å². The quantitative estimate of drug-likeness (QED) is 0.857. The topological polar surface area (TPSA) is 72.2 Å². The zero-order chi connectivity index (χ0) is 14.6. The Balaban J connectivity index is 2.01. The molecule has 0 bridgehead atoms. The number of sulfonamides is 1. The summed E-state index contributed by atoms with van der Waals surface area (Å²) >= 11 is 1.27. The third kappa shape index (κ3) is 3.89. The predicted octanol–water partition coefficient (Wildman–Crippen LogP) is 2.04. The molecule has 0 radical (unpaired) electrons. The van der Waals surface area contributed by atoms with Gasteiger partial charge in [0.2, 0.25) is 10.0 Å². The van der Waals surface area contributed by atoms with Gasteiger partial charge in [-0.3, -0.25) is 0 Å². The van der Waals surface area contributed by atoms with Gasteiger partial charge in [0.05, 0.1) is 0 Å².